The second kappa shape index (κ2) is 8.31. The predicted molar refractivity (Wildman–Crippen MR) is 100 cm³/mol. The molecular weight excluding hydrogens is 392 g/mol. The van der Waals surface area contributed by atoms with Crippen molar-refractivity contribution >= 4 is 45.0 Å². The first-order valence-electron chi connectivity index (χ1n) is 7.50. The van der Waals surface area contributed by atoms with Gasteiger partial charge in [-0.2, -0.15) is 0 Å². The van der Waals surface area contributed by atoms with E-state index < -0.39 is 6.04 Å². The van der Waals surface area contributed by atoms with Crippen LogP contribution in [0, 0.1) is 5.92 Å². The largest absolute Gasteiger partial charge is 0.340 e. The van der Waals surface area contributed by atoms with Gasteiger partial charge in [0.25, 0.3) is 5.91 Å². The van der Waals surface area contributed by atoms with Gasteiger partial charge in [-0.05, 0) is 36.2 Å². The molecule has 0 aliphatic heterocycles. The second-order valence-electron chi connectivity index (χ2n) is 5.67. The molecule has 6 heteroatoms. The summed E-state index contributed by atoms with van der Waals surface area (Å²) in [5.74, 6) is -0.726. The monoisotopic (exact) mass is 408 g/mol. The first-order chi connectivity index (χ1) is 11.4. The Bertz CT molecular complexity index is 749. The Labute approximate surface area is 154 Å². The van der Waals surface area contributed by atoms with Crippen LogP contribution in [0.15, 0.2) is 53.0 Å². The summed E-state index contributed by atoms with van der Waals surface area (Å²) < 4.78 is 0.862. The molecule has 24 heavy (non-hydrogen) atoms. The molecule has 0 aromatic heterocycles. The van der Waals surface area contributed by atoms with Crippen molar-refractivity contribution in [1.29, 1.82) is 0 Å². The Morgan fingerprint density at radius 1 is 1.08 bits per heavy atom. The average Bonchev–Trinajstić information content (AvgIpc) is 2.52. The molecule has 2 aromatic rings. The number of halogens is 2. The van der Waals surface area contributed by atoms with Crippen molar-refractivity contribution < 1.29 is 9.59 Å². The minimum atomic E-state index is -0.673. The summed E-state index contributed by atoms with van der Waals surface area (Å²) >= 11 is 9.40. The smallest absolute Gasteiger partial charge is 0.253 e. The lowest BCUT2D eigenvalue weighted by molar-refractivity contribution is -0.118. The minimum Gasteiger partial charge on any atom is -0.340 e. The number of carbonyl (C=O) groups excluding carboxylic acids is 2. The molecule has 0 spiro atoms. The highest BCUT2D eigenvalue weighted by atomic mass is 79.9. The van der Waals surface area contributed by atoms with Crippen molar-refractivity contribution in [2.45, 2.75) is 19.9 Å². The van der Waals surface area contributed by atoms with E-state index in [-0.39, 0.29) is 17.7 Å². The normalized spacial score (nSPS) is 11.9. The molecule has 2 N–H and O–H groups in total. The quantitative estimate of drug-likeness (QED) is 0.764. The Morgan fingerprint density at radius 2 is 1.79 bits per heavy atom. The van der Waals surface area contributed by atoms with E-state index in [1.807, 2.05) is 26.0 Å². The van der Waals surface area contributed by atoms with Gasteiger partial charge in [0.1, 0.15) is 6.04 Å². The summed E-state index contributed by atoms with van der Waals surface area (Å²) in [5.41, 5.74) is 1.01. The van der Waals surface area contributed by atoms with Crippen LogP contribution in [0.4, 0.5) is 5.69 Å². The minimum absolute atomic E-state index is 0.0800. The molecule has 0 aliphatic rings. The van der Waals surface area contributed by atoms with E-state index in [2.05, 4.69) is 26.6 Å². The summed E-state index contributed by atoms with van der Waals surface area (Å²) in [5, 5.41) is 5.93. The van der Waals surface area contributed by atoms with Crippen molar-refractivity contribution in [3.05, 3.63) is 63.6 Å². The Morgan fingerprint density at radius 3 is 2.42 bits per heavy atom. The lowest BCUT2D eigenvalue weighted by atomic mass is 10.0. The van der Waals surface area contributed by atoms with E-state index in [0.29, 0.717) is 16.3 Å². The van der Waals surface area contributed by atoms with Gasteiger partial charge in [-0.15, -0.1) is 0 Å². The Balaban J connectivity index is 2.13. The van der Waals surface area contributed by atoms with Crippen LogP contribution in [0.2, 0.25) is 5.02 Å². The maximum absolute atomic E-state index is 12.5. The van der Waals surface area contributed by atoms with E-state index in [9.17, 15) is 9.59 Å². The first-order valence-corrected chi connectivity index (χ1v) is 8.67. The number of nitrogens with one attached hydrogen (secondary N) is 2. The lowest BCUT2D eigenvalue weighted by Gasteiger charge is -2.22. The fourth-order valence-corrected chi connectivity index (χ4v) is 2.81. The number of rotatable bonds is 5. The second-order valence-corrected chi connectivity index (χ2v) is 7.00. The number of carbonyl (C=O) groups is 2. The van der Waals surface area contributed by atoms with Gasteiger partial charge in [0.05, 0.1) is 10.6 Å². The van der Waals surface area contributed by atoms with Crippen LogP contribution in [-0.2, 0) is 4.79 Å². The lowest BCUT2D eigenvalue weighted by Crippen LogP contribution is -2.47. The maximum Gasteiger partial charge on any atom is 0.253 e. The predicted octanol–water partition coefficient (Wildman–Crippen LogP) is 4.50. The highest BCUT2D eigenvalue weighted by Gasteiger charge is 2.25. The van der Waals surface area contributed by atoms with Gasteiger partial charge in [0.2, 0.25) is 5.91 Å². The van der Waals surface area contributed by atoms with Crippen LogP contribution in [0.1, 0.15) is 24.2 Å². The zero-order chi connectivity index (χ0) is 17.7. The third kappa shape index (κ3) is 4.82. The molecular formula is C18H18BrClN2O2. The van der Waals surface area contributed by atoms with E-state index in [1.165, 1.54) is 0 Å². The van der Waals surface area contributed by atoms with Crippen molar-refractivity contribution in [2.75, 3.05) is 5.32 Å². The summed E-state index contributed by atoms with van der Waals surface area (Å²) in [7, 11) is 0. The van der Waals surface area contributed by atoms with Crippen molar-refractivity contribution in [1.82, 2.24) is 5.32 Å². The van der Waals surface area contributed by atoms with Gasteiger partial charge in [-0.1, -0.05) is 59.6 Å². The molecule has 0 saturated carbocycles. The third-order valence-electron chi connectivity index (χ3n) is 3.45. The number of hydrogen-bond donors (Lipinski definition) is 2. The summed E-state index contributed by atoms with van der Waals surface area (Å²) in [6.45, 7) is 3.75. The van der Waals surface area contributed by atoms with Crippen molar-refractivity contribution in [3.8, 4) is 0 Å². The van der Waals surface area contributed by atoms with Gasteiger partial charge in [0, 0.05) is 10.2 Å². The fraction of sp³-hybridized carbons (Fsp3) is 0.222. The van der Waals surface area contributed by atoms with Crippen LogP contribution in [0.25, 0.3) is 0 Å². The molecule has 0 radical (unpaired) electrons. The SMILES string of the molecule is CC(C)C(NC(=O)c1ccccc1Cl)C(=O)Nc1cccc(Br)c1. The van der Waals surface area contributed by atoms with Gasteiger partial charge in [0.15, 0.2) is 0 Å². The molecule has 1 atom stereocenters. The van der Waals surface area contributed by atoms with Gasteiger partial charge in [-0.3, -0.25) is 9.59 Å². The van der Waals surface area contributed by atoms with Crippen LogP contribution in [0.5, 0.6) is 0 Å². The number of benzene rings is 2. The maximum atomic E-state index is 12.5. The van der Waals surface area contributed by atoms with Gasteiger partial charge < -0.3 is 10.6 Å². The van der Waals surface area contributed by atoms with Gasteiger partial charge >= 0.3 is 0 Å². The first kappa shape index (κ1) is 18.5. The summed E-state index contributed by atoms with van der Waals surface area (Å²) in [4.78, 5) is 25.0. The summed E-state index contributed by atoms with van der Waals surface area (Å²) in [6, 6.07) is 13.4. The van der Waals surface area contributed by atoms with Crippen LogP contribution >= 0.6 is 27.5 Å². The van der Waals surface area contributed by atoms with Crippen molar-refractivity contribution in [2.24, 2.45) is 5.92 Å². The molecule has 0 fully saturated rings. The van der Waals surface area contributed by atoms with Crippen molar-refractivity contribution in [3.63, 3.8) is 0 Å². The van der Waals surface area contributed by atoms with E-state index >= 15 is 0 Å². The molecule has 4 nitrogen and oxygen atoms in total. The molecule has 0 aliphatic carbocycles. The fourth-order valence-electron chi connectivity index (χ4n) is 2.19. The van der Waals surface area contributed by atoms with Crippen LogP contribution < -0.4 is 10.6 Å². The topological polar surface area (TPSA) is 58.2 Å². The Hall–Kier alpha value is -1.85. The zero-order valence-electron chi connectivity index (χ0n) is 13.3. The molecule has 1 unspecified atom stereocenters. The summed E-state index contributed by atoms with van der Waals surface area (Å²) in [6.07, 6.45) is 0. The molecule has 2 aromatic carbocycles. The number of hydrogen-bond acceptors (Lipinski definition) is 2. The third-order valence-corrected chi connectivity index (χ3v) is 4.27. The molecule has 2 rings (SSSR count). The zero-order valence-corrected chi connectivity index (χ0v) is 15.7. The number of amides is 2. The molecule has 0 heterocycles. The van der Waals surface area contributed by atoms with Crippen LogP contribution in [-0.4, -0.2) is 17.9 Å². The number of anilines is 1. The van der Waals surface area contributed by atoms with Crippen LogP contribution in [0.3, 0.4) is 0 Å². The molecule has 2 amide bonds. The Kier molecular flexibility index (Phi) is 6.40. The highest BCUT2D eigenvalue weighted by molar-refractivity contribution is 9.10. The average molecular weight is 410 g/mol. The highest BCUT2D eigenvalue weighted by Crippen LogP contribution is 2.18. The van der Waals surface area contributed by atoms with E-state index in [1.54, 1.807) is 36.4 Å². The standard InChI is InChI=1S/C18H18BrClN2O2/c1-11(2)16(18(24)21-13-7-5-6-12(19)10-13)22-17(23)14-8-3-4-9-15(14)20/h3-11,16H,1-2H3,(H,21,24)(H,22,23). The molecule has 126 valence electrons. The van der Waals surface area contributed by atoms with E-state index in [4.69, 9.17) is 11.6 Å². The van der Waals surface area contributed by atoms with E-state index in [0.717, 1.165) is 4.47 Å². The van der Waals surface area contributed by atoms with Gasteiger partial charge in [-0.25, -0.2) is 0 Å². The molecule has 0 saturated heterocycles. The molecule has 0 bridgehead atoms.